The molecule has 0 radical (unpaired) electrons. The predicted molar refractivity (Wildman–Crippen MR) is 66.8 cm³/mol. The molecule has 2 aromatic rings. The second-order valence-electron chi connectivity index (χ2n) is 3.64. The molecular formula is C11H14N4OS. The Morgan fingerprint density at radius 2 is 2.24 bits per heavy atom. The Hall–Kier alpha value is -1.69. The molecule has 0 bridgehead atoms. The van der Waals surface area contributed by atoms with Crippen LogP contribution in [0.15, 0.2) is 35.6 Å². The van der Waals surface area contributed by atoms with E-state index in [1.165, 1.54) is 0 Å². The molecule has 0 spiro atoms. The molecule has 0 aromatic carbocycles. The summed E-state index contributed by atoms with van der Waals surface area (Å²) in [5.41, 5.74) is 7.26. The van der Waals surface area contributed by atoms with Gasteiger partial charge in [0.2, 0.25) is 0 Å². The first-order chi connectivity index (χ1) is 8.18. The van der Waals surface area contributed by atoms with Crippen molar-refractivity contribution in [2.45, 2.75) is 11.4 Å². The van der Waals surface area contributed by atoms with Crippen molar-refractivity contribution in [2.24, 2.45) is 7.05 Å². The van der Waals surface area contributed by atoms with Crippen LogP contribution in [0.1, 0.15) is 5.69 Å². The lowest BCUT2D eigenvalue weighted by atomic mass is 10.3. The van der Waals surface area contributed by atoms with Crippen molar-refractivity contribution in [3.8, 4) is 0 Å². The molecule has 2 rings (SSSR count). The van der Waals surface area contributed by atoms with Gasteiger partial charge in [0, 0.05) is 37.3 Å². The number of nitrogens with two attached hydrogens (primary N) is 1. The van der Waals surface area contributed by atoms with Crippen molar-refractivity contribution < 1.29 is 4.21 Å². The first-order valence-electron chi connectivity index (χ1n) is 5.24. The maximum atomic E-state index is 12.0. The standard InChI is InChI=1S/C11H14N4OS/c1-15-9(4-7-14-15)5-8-17(16)11-10(12)3-2-6-13-11/h2-4,6-7H,5,8,12H2,1H3. The summed E-state index contributed by atoms with van der Waals surface area (Å²) >= 11 is 0. The molecule has 2 heterocycles. The van der Waals surface area contributed by atoms with Crippen molar-refractivity contribution in [2.75, 3.05) is 11.5 Å². The Balaban J connectivity index is 2.04. The van der Waals surface area contributed by atoms with E-state index in [0.717, 1.165) is 5.69 Å². The Morgan fingerprint density at radius 3 is 2.88 bits per heavy atom. The van der Waals surface area contributed by atoms with Gasteiger partial charge in [-0.05, 0) is 18.2 Å². The SMILES string of the molecule is Cn1nccc1CCS(=O)c1ncccc1N. The number of hydrogen-bond acceptors (Lipinski definition) is 4. The number of pyridine rings is 1. The summed E-state index contributed by atoms with van der Waals surface area (Å²) < 4.78 is 13.8. The third-order valence-electron chi connectivity index (χ3n) is 2.48. The van der Waals surface area contributed by atoms with E-state index in [1.54, 1.807) is 29.2 Å². The molecule has 17 heavy (non-hydrogen) atoms. The fraction of sp³-hybridized carbons (Fsp3) is 0.273. The third kappa shape index (κ3) is 2.71. The van der Waals surface area contributed by atoms with Crippen LogP contribution in [0.5, 0.6) is 0 Å². The molecule has 0 saturated heterocycles. The lowest BCUT2D eigenvalue weighted by Gasteiger charge is -2.04. The van der Waals surface area contributed by atoms with E-state index in [1.807, 2.05) is 13.1 Å². The van der Waals surface area contributed by atoms with Gasteiger partial charge in [0.05, 0.1) is 16.5 Å². The first kappa shape index (κ1) is 11.8. The zero-order chi connectivity index (χ0) is 12.3. The van der Waals surface area contributed by atoms with Crippen molar-refractivity contribution >= 4 is 16.5 Å². The molecule has 5 nitrogen and oxygen atoms in total. The van der Waals surface area contributed by atoms with E-state index in [-0.39, 0.29) is 0 Å². The number of aryl methyl sites for hydroxylation is 2. The summed E-state index contributed by atoms with van der Waals surface area (Å²) in [6, 6.07) is 5.36. The van der Waals surface area contributed by atoms with Crippen LogP contribution >= 0.6 is 0 Å². The number of anilines is 1. The smallest absolute Gasteiger partial charge is 0.150 e. The second-order valence-corrected chi connectivity index (χ2v) is 5.13. The largest absolute Gasteiger partial charge is 0.396 e. The van der Waals surface area contributed by atoms with Crippen LogP contribution in [0.3, 0.4) is 0 Å². The molecule has 0 saturated carbocycles. The van der Waals surface area contributed by atoms with Crippen molar-refractivity contribution in [1.82, 2.24) is 14.8 Å². The normalized spacial score (nSPS) is 12.5. The van der Waals surface area contributed by atoms with Gasteiger partial charge < -0.3 is 5.73 Å². The molecule has 2 N–H and O–H groups in total. The zero-order valence-corrected chi connectivity index (χ0v) is 10.4. The van der Waals surface area contributed by atoms with Crippen LogP contribution in [-0.4, -0.2) is 24.7 Å². The average Bonchev–Trinajstić information content (AvgIpc) is 2.72. The quantitative estimate of drug-likeness (QED) is 0.869. The van der Waals surface area contributed by atoms with E-state index < -0.39 is 10.8 Å². The molecule has 2 aromatic heterocycles. The fourth-order valence-corrected chi connectivity index (χ4v) is 2.63. The van der Waals surface area contributed by atoms with Gasteiger partial charge in [-0.3, -0.25) is 8.89 Å². The van der Waals surface area contributed by atoms with Crippen molar-refractivity contribution in [3.05, 3.63) is 36.3 Å². The van der Waals surface area contributed by atoms with Gasteiger partial charge >= 0.3 is 0 Å². The van der Waals surface area contributed by atoms with E-state index >= 15 is 0 Å². The van der Waals surface area contributed by atoms with Crippen LogP contribution in [-0.2, 0) is 24.3 Å². The Kier molecular flexibility index (Phi) is 3.53. The Labute approximate surface area is 102 Å². The van der Waals surface area contributed by atoms with Crippen molar-refractivity contribution in [1.29, 1.82) is 0 Å². The van der Waals surface area contributed by atoms with Crippen LogP contribution in [0.25, 0.3) is 0 Å². The zero-order valence-electron chi connectivity index (χ0n) is 9.54. The lowest BCUT2D eigenvalue weighted by Crippen LogP contribution is -2.08. The average molecular weight is 250 g/mol. The van der Waals surface area contributed by atoms with Gasteiger partial charge in [0.1, 0.15) is 5.03 Å². The number of hydrogen-bond donors (Lipinski definition) is 1. The highest BCUT2D eigenvalue weighted by Crippen LogP contribution is 2.13. The van der Waals surface area contributed by atoms with Gasteiger partial charge in [0.15, 0.2) is 0 Å². The number of aromatic nitrogens is 3. The van der Waals surface area contributed by atoms with Gasteiger partial charge in [-0.1, -0.05) is 0 Å². The minimum absolute atomic E-state index is 0.467. The third-order valence-corrected chi connectivity index (χ3v) is 3.83. The highest BCUT2D eigenvalue weighted by Gasteiger charge is 2.10. The summed E-state index contributed by atoms with van der Waals surface area (Å²) in [4.78, 5) is 4.05. The van der Waals surface area contributed by atoms with Crippen LogP contribution in [0, 0.1) is 0 Å². The number of rotatable bonds is 4. The molecule has 1 atom stereocenters. The highest BCUT2D eigenvalue weighted by molar-refractivity contribution is 7.85. The summed E-state index contributed by atoms with van der Waals surface area (Å²) in [6.07, 6.45) is 4.03. The van der Waals surface area contributed by atoms with Gasteiger partial charge in [0.25, 0.3) is 0 Å². The number of nitrogen functional groups attached to an aromatic ring is 1. The van der Waals surface area contributed by atoms with E-state index in [9.17, 15) is 4.21 Å². The fourth-order valence-electron chi connectivity index (χ4n) is 1.53. The minimum atomic E-state index is -1.17. The van der Waals surface area contributed by atoms with E-state index in [2.05, 4.69) is 10.1 Å². The maximum absolute atomic E-state index is 12.0. The Morgan fingerprint density at radius 1 is 1.41 bits per heavy atom. The first-order valence-corrected chi connectivity index (χ1v) is 6.56. The molecule has 0 aliphatic rings. The monoisotopic (exact) mass is 250 g/mol. The van der Waals surface area contributed by atoms with Crippen LogP contribution in [0.4, 0.5) is 5.69 Å². The minimum Gasteiger partial charge on any atom is -0.396 e. The van der Waals surface area contributed by atoms with E-state index in [4.69, 9.17) is 5.73 Å². The molecular weight excluding hydrogens is 236 g/mol. The van der Waals surface area contributed by atoms with Crippen LogP contribution < -0.4 is 5.73 Å². The molecule has 0 aliphatic carbocycles. The van der Waals surface area contributed by atoms with Gasteiger partial charge in [-0.15, -0.1) is 0 Å². The summed E-state index contributed by atoms with van der Waals surface area (Å²) in [5, 5.41) is 4.53. The summed E-state index contributed by atoms with van der Waals surface area (Å²) in [7, 11) is 0.703. The molecule has 1 unspecified atom stereocenters. The highest BCUT2D eigenvalue weighted by atomic mass is 32.2. The Bertz CT molecular complexity index is 538. The summed E-state index contributed by atoms with van der Waals surface area (Å²) in [6.45, 7) is 0. The maximum Gasteiger partial charge on any atom is 0.150 e. The summed E-state index contributed by atoms with van der Waals surface area (Å²) in [5.74, 6) is 0.501. The van der Waals surface area contributed by atoms with Gasteiger partial charge in [-0.2, -0.15) is 5.10 Å². The van der Waals surface area contributed by atoms with E-state index in [0.29, 0.717) is 22.9 Å². The van der Waals surface area contributed by atoms with Crippen molar-refractivity contribution in [3.63, 3.8) is 0 Å². The second kappa shape index (κ2) is 5.09. The lowest BCUT2D eigenvalue weighted by molar-refractivity contribution is 0.676. The molecule has 0 fully saturated rings. The number of nitrogens with zero attached hydrogens (tertiary/aromatic N) is 3. The molecule has 0 amide bonds. The van der Waals surface area contributed by atoms with Crippen LogP contribution in [0.2, 0.25) is 0 Å². The molecule has 0 aliphatic heterocycles. The molecule has 6 heteroatoms. The topological polar surface area (TPSA) is 73.8 Å². The predicted octanol–water partition coefficient (Wildman–Crippen LogP) is 0.748. The van der Waals surface area contributed by atoms with Gasteiger partial charge in [-0.25, -0.2) is 4.98 Å². The molecule has 90 valence electrons.